The highest BCUT2D eigenvalue weighted by molar-refractivity contribution is 5.69. The quantitative estimate of drug-likeness (QED) is 0.859. The summed E-state index contributed by atoms with van der Waals surface area (Å²) in [6.07, 6.45) is 1.56. The van der Waals surface area contributed by atoms with Crippen molar-refractivity contribution in [3.63, 3.8) is 0 Å². The summed E-state index contributed by atoms with van der Waals surface area (Å²) in [7, 11) is 0. The molecule has 1 heterocycles. The molecular weight excluding hydrogens is 280 g/mol. The average molecular weight is 302 g/mol. The number of nitrogens with zero attached hydrogens (tertiary/aromatic N) is 2. The predicted molar refractivity (Wildman–Crippen MR) is 82.6 cm³/mol. The van der Waals surface area contributed by atoms with Crippen LogP contribution in [0.3, 0.4) is 0 Å². The molecule has 118 valence electrons. The van der Waals surface area contributed by atoms with E-state index in [-0.39, 0.29) is 12.1 Å². The Morgan fingerprint density at radius 2 is 2.23 bits per heavy atom. The molecule has 1 fully saturated rings. The van der Waals surface area contributed by atoms with Gasteiger partial charge in [0.2, 0.25) is 0 Å². The lowest BCUT2D eigenvalue weighted by atomic mass is 10.2. The molecule has 1 aromatic rings. The van der Waals surface area contributed by atoms with Crippen molar-refractivity contribution < 1.29 is 14.3 Å². The smallest absolute Gasteiger partial charge is 0.410 e. The lowest BCUT2D eigenvalue weighted by Crippen LogP contribution is -2.42. The van der Waals surface area contributed by atoms with Gasteiger partial charge < -0.3 is 14.4 Å². The molecule has 5 heteroatoms. The third-order valence-electron chi connectivity index (χ3n) is 3.41. The number of hydrogen-bond acceptors (Lipinski definition) is 4. The Morgan fingerprint density at radius 3 is 2.91 bits per heavy atom. The highest BCUT2D eigenvalue weighted by Gasteiger charge is 2.32. The second-order valence-electron chi connectivity index (χ2n) is 6.42. The number of carbonyl (C=O) groups is 1. The SMILES string of the molecule is CC(C)(C)OC(=O)N1CCC[C@H]1COc1cccc(C#N)c1. The van der Waals surface area contributed by atoms with Crippen LogP contribution in [0.1, 0.15) is 39.2 Å². The Balaban J connectivity index is 1.94. The van der Waals surface area contributed by atoms with Gasteiger partial charge in [0.1, 0.15) is 18.0 Å². The van der Waals surface area contributed by atoms with E-state index in [1.165, 1.54) is 0 Å². The van der Waals surface area contributed by atoms with Crippen LogP contribution in [0.4, 0.5) is 4.79 Å². The van der Waals surface area contributed by atoms with Gasteiger partial charge in [-0.2, -0.15) is 5.26 Å². The van der Waals surface area contributed by atoms with Gasteiger partial charge >= 0.3 is 6.09 Å². The second-order valence-corrected chi connectivity index (χ2v) is 6.42. The Hall–Kier alpha value is -2.22. The van der Waals surface area contributed by atoms with Crippen molar-refractivity contribution in [2.24, 2.45) is 0 Å². The highest BCUT2D eigenvalue weighted by Crippen LogP contribution is 2.22. The number of rotatable bonds is 3. The van der Waals surface area contributed by atoms with Gasteiger partial charge in [-0.25, -0.2) is 4.79 Å². The van der Waals surface area contributed by atoms with Crippen molar-refractivity contribution in [3.05, 3.63) is 29.8 Å². The summed E-state index contributed by atoms with van der Waals surface area (Å²) in [5, 5.41) is 8.89. The third-order valence-corrected chi connectivity index (χ3v) is 3.41. The first kappa shape index (κ1) is 16.2. The summed E-state index contributed by atoms with van der Waals surface area (Å²) in [5.74, 6) is 0.648. The van der Waals surface area contributed by atoms with Gasteiger partial charge in [0.25, 0.3) is 0 Å². The summed E-state index contributed by atoms with van der Waals surface area (Å²) in [6, 6.07) is 9.13. The van der Waals surface area contributed by atoms with Crippen molar-refractivity contribution in [2.75, 3.05) is 13.2 Å². The first-order chi connectivity index (χ1) is 10.4. The molecule has 1 aliphatic rings. The van der Waals surface area contributed by atoms with Crippen molar-refractivity contribution in [1.82, 2.24) is 4.90 Å². The number of ether oxygens (including phenoxy) is 2. The zero-order chi connectivity index (χ0) is 16.2. The van der Waals surface area contributed by atoms with Crippen LogP contribution in [-0.4, -0.2) is 35.8 Å². The molecule has 1 aliphatic heterocycles. The van der Waals surface area contributed by atoms with Crippen LogP contribution in [0.5, 0.6) is 5.75 Å². The van der Waals surface area contributed by atoms with Gasteiger partial charge in [-0.15, -0.1) is 0 Å². The molecule has 0 N–H and O–H groups in total. The topological polar surface area (TPSA) is 62.6 Å². The molecule has 22 heavy (non-hydrogen) atoms. The van der Waals surface area contributed by atoms with Gasteiger partial charge in [-0.3, -0.25) is 0 Å². The minimum absolute atomic E-state index is 0.0144. The fraction of sp³-hybridized carbons (Fsp3) is 0.529. The van der Waals surface area contributed by atoms with E-state index in [1.807, 2.05) is 26.8 Å². The molecule has 1 amide bonds. The van der Waals surface area contributed by atoms with E-state index in [4.69, 9.17) is 14.7 Å². The Morgan fingerprint density at radius 1 is 1.45 bits per heavy atom. The standard InChI is InChI=1S/C17H22N2O3/c1-17(2,3)22-16(20)19-9-5-7-14(19)12-21-15-8-4-6-13(10-15)11-18/h4,6,8,10,14H,5,7,9,12H2,1-3H3/t14-/m0/s1. The fourth-order valence-electron chi connectivity index (χ4n) is 2.42. The summed E-state index contributed by atoms with van der Waals surface area (Å²) in [6.45, 7) is 6.69. The maximum Gasteiger partial charge on any atom is 0.410 e. The van der Waals surface area contributed by atoms with E-state index < -0.39 is 5.60 Å². The monoisotopic (exact) mass is 302 g/mol. The molecule has 1 atom stereocenters. The number of likely N-dealkylation sites (tertiary alicyclic amines) is 1. The Kier molecular flexibility index (Phi) is 4.92. The summed E-state index contributed by atoms with van der Waals surface area (Å²) < 4.78 is 11.2. The van der Waals surface area contributed by atoms with E-state index >= 15 is 0 Å². The maximum absolute atomic E-state index is 12.2. The van der Waals surface area contributed by atoms with Crippen LogP contribution >= 0.6 is 0 Å². The molecule has 1 aromatic carbocycles. The number of hydrogen-bond donors (Lipinski definition) is 0. The minimum atomic E-state index is -0.494. The Labute approximate surface area is 131 Å². The molecule has 0 saturated carbocycles. The second kappa shape index (κ2) is 6.69. The zero-order valence-electron chi connectivity index (χ0n) is 13.3. The summed E-state index contributed by atoms with van der Waals surface area (Å²) >= 11 is 0. The maximum atomic E-state index is 12.2. The molecule has 0 bridgehead atoms. The largest absolute Gasteiger partial charge is 0.491 e. The molecule has 1 saturated heterocycles. The van der Waals surface area contributed by atoms with Crippen molar-refractivity contribution >= 4 is 6.09 Å². The van der Waals surface area contributed by atoms with E-state index in [1.54, 1.807) is 23.1 Å². The average Bonchev–Trinajstić information content (AvgIpc) is 2.92. The van der Waals surface area contributed by atoms with Crippen molar-refractivity contribution in [3.8, 4) is 11.8 Å². The van der Waals surface area contributed by atoms with Gasteiger partial charge in [0, 0.05) is 6.54 Å². The van der Waals surface area contributed by atoms with E-state index in [0.29, 0.717) is 24.5 Å². The summed E-state index contributed by atoms with van der Waals surface area (Å²) in [5.41, 5.74) is 0.0690. The molecule has 2 rings (SSSR count). The van der Waals surface area contributed by atoms with E-state index in [2.05, 4.69) is 6.07 Å². The predicted octanol–water partition coefficient (Wildman–Crippen LogP) is 3.34. The number of nitriles is 1. The molecule has 5 nitrogen and oxygen atoms in total. The Bertz CT molecular complexity index is 572. The van der Waals surface area contributed by atoms with E-state index in [9.17, 15) is 4.79 Å². The zero-order valence-corrected chi connectivity index (χ0v) is 13.3. The van der Waals surface area contributed by atoms with Crippen LogP contribution in [0.25, 0.3) is 0 Å². The van der Waals surface area contributed by atoms with Crippen molar-refractivity contribution in [1.29, 1.82) is 5.26 Å². The van der Waals surface area contributed by atoms with Gasteiger partial charge in [-0.05, 0) is 51.8 Å². The van der Waals surface area contributed by atoms with Crippen LogP contribution < -0.4 is 4.74 Å². The van der Waals surface area contributed by atoms with Crippen LogP contribution in [-0.2, 0) is 4.74 Å². The third kappa shape index (κ3) is 4.39. The van der Waals surface area contributed by atoms with Crippen LogP contribution in [0, 0.1) is 11.3 Å². The van der Waals surface area contributed by atoms with E-state index in [0.717, 1.165) is 12.8 Å². The first-order valence-corrected chi connectivity index (χ1v) is 7.51. The lowest BCUT2D eigenvalue weighted by molar-refractivity contribution is 0.0187. The minimum Gasteiger partial charge on any atom is -0.491 e. The molecule has 0 aromatic heterocycles. The van der Waals surface area contributed by atoms with Crippen LogP contribution in [0.2, 0.25) is 0 Å². The first-order valence-electron chi connectivity index (χ1n) is 7.51. The summed E-state index contributed by atoms with van der Waals surface area (Å²) in [4.78, 5) is 13.9. The lowest BCUT2D eigenvalue weighted by Gasteiger charge is -2.28. The molecular formula is C17H22N2O3. The number of amides is 1. The van der Waals surface area contributed by atoms with Crippen molar-refractivity contribution in [2.45, 2.75) is 45.3 Å². The normalized spacial score (nSPS) is 17.9. The molecule has 0 radical (unpaired) electrons. The van der Waals surface area contributed by atoms with Gasteiger partial charge in [0.05, 0.1) is 17.7 Å². The van der Waals surface area contributed by atoms with Gasteiger partial charge in [-0.1, -0.05) is 6.07 Å². The number of carbonyl (C=O) groups excluding carboxylic acids is 1. The molecule has 0 aliphatic carbocycles. The molecule has 0 spiro atoms. The van der Waals surface area contributed by atoms with Gasteiger partial charge in [0.15, 0.2) is 0 Å². The highest BCUT2D eigenvalue weighted by atomic mass is 16.6. The fourth-order valence-corrected chi connectivity index (χ4v) is 2.42. The number of benzene rings is 1. The molecule has 0 unspecified atom stereocenters. The van der Waals surface area contributed by atoms with Crippen LogP contribution in [0.15, 0.2) is 24.3 Å².